The van der Waals surface area contributed by atoms with Gasteiger partial charge in [0.25, 0.3) is 0 Å². The van der Waals surface area contributed by atoms with Gasteiger partial charge in [0.05, 0.1) is 6.54 Å². The summed E-state index contributed by atoms with van der Waals surface area (Å²) in [6.07, 6.45) is 2.35. The van der Waals surface area contributed by atoms with Crippen LogP contribution in [0.15, 0.2) is 18.3 Å². The molecule has 2 rings (SSSR count). The molecular formula is C13H17Cl2N3O2. The molecule has 5 nitrogen and oxygen atoms in total. The van der Waals surface area contributed by atoms with E-state index in [0.717, 1.165) is 6.42 Å². The molecule has 0 saturated carbocycles. The molecule has 1 N–H and O–H groups in total. The first kappa shape index (κ1) is 15.4. The topological polar surface area (TPSA) is 54.5 Å². The fraction of sp³-hybridized carbons (Fsp3) is 0.538. The van der Waals surface area contributed by atoms with Gasteiger partial charge in [-0.1, -0.05) is 11.6 Å². The maximum Gasteiger partial charge on any atom is 0.233 e. The number of rotatable bonds is 5. The summed E-state index contributed by atoms with van der Waals surface area (Å²) in [5.74, 6) is 1.01. The molecule has 1 aromatic heterocycles. The molecule has 1 saturated heterocycles. The number of halogens is 2. The second-order valence-electron chi connectivity index (χ2n) is 4.68. The summed E-state index contributed by atoms with van der Waals surface area (Å²) in [6, 6.07) is 3.69. The molecule has 1 aliphatic rings. The van der Waals surface area contributed by atoms with Gasteiger partial charge in [0.1, 0.15) is 6.10 Å². The lowest BCUT2D eigenvalue weighted by Gasteiger charge is -2.20. The second kappa shape index (κ2) is 7.11. The number of alkyl halides is 1. The lowest BCUT2D eigenvalue weighted by atomic mass is 10.2. The Morgan fingerprint density at radius 3 is 3.10 bits per heavy atom. The van der Waals surface area contributed by atoms with Gasteiger partial charge in [0.2, 0.25) is 5.91 Å². The van der Waals surface area contributed by atoms with Gasteiger partial charge in [0.15, 0.2) is 10.9 Å². The van der Waals surface area contributed by atoms with Crippen LogP contribution in [0.4, 0.5) is 0 Å². The standard InChI is InChI=1S/C13H17Cl2N3O2/c1-16-12(19)8-18-7-10(5-9(18)6-14)20-11-3-2-4-17-13(11)15/h2-4,9-10H,5-8H2,1H3,(H,16,19)/t9-,10-/m1/s1. The van der Waals surface area contributed by atoms with E-state index in [2.05, 4.69) is 10.3 Å². The van der Waals surface area contributed by atoms with Crippen LogP contribution in [0.5, 0.6) is 5.75 Å². The number of likely N-dealkylation sites (N-methyl/N-ethyl adjacent to an activating group) is 1. The lowest BCUT2D eigenvalue weighted by Crippen LogP contribution is -2.39. The van der Waals surface area contributed by atoms with E-state index in [-0.39, 0.29) is 18.1 Å². The Hall–Kier alpha value is -1.04. The quantitative estimate of drug-likeness (QED) is 0.661. The molecule has 0 spiro atoms. The molecule has 0 aliphatic carbocycles. The third-order valence-corrected chi connectivity index (χ3v) is 3.95. The largest absolute Gasteiger partial charge is 0.486 e. The van der Waals surface area contributed by atoms with Crippen LogP contribution < -0.4 is 10.1 Å². The number of pyridine rings is 1. The summed E-state index contributed by atoms with van der Waals surface area (Å²) in [4.78, 5) is 17.5. The predicted octanol–water partition coefficient (Wildman–Crippen LogP) is 1.54. The molecule has 1 aromatic rings. The van der Waals surface area contributed by atoms with Crippen LogP contribution in [0.2, 0.25) is 5.15 Å². The fourth-order valence-electron chi connectivity index (χ4n) is 2.28. The highest BCUT2D eigenvalue weighted by molar-refractivity contribution is 6.30. The Balaban J connectivity index is 1.98. The van der Waals surface area contributed by atoms with Crippen molar-refractivity contribution >= 4 is 29.1 Å². The number of amides is 1. The summed E-state index contributed by atoms with van der Waals surface area (Å²) in [6.45, 7) is 0.977. The zero-order valence-corrected chi connectivity index (χ0v) is 12.7. The van der Waals surface area contributed by atoms with Crippen molar-refractivity contribution < 1.29 is 9.53 Å². The first-order chi connectivity index (χ1) is 9.63. The predicted molar refractivity (Wildman–Crippen MR) is 78.4 cm³/mol. The maximum absolute atomic E-state index is 11.5. The van der Waals surface area contributed by atoms with Gasteiger partial charge in [-0.05, 0) is 12.1 Å². The van der Waals surface area contributed by atoms with Crippen molar-refractivity contribution in [2.45, 2.75) is 18.6 Å². The number of carbonyl (C=O) groups is 1. The van der Waals surface area contributed by atoms with Crippen LogP contribution >= 0.6 is 23.2 Å². The summed E-state index contributed by atoms with van der Waals surface area (Å²) < 4.78 is 5.86. The molecule has 2 atom stereocenters. The van der Waals surface area contributed by atoms with E-state index < -0.39 is 0 Å². The van der Waals surface area contributed by atoms with E-state index >= 15 is 0 Å². The van der Waals surface area contributed by atoms with Crippen LogP contribution in [-0.4, -0.2) is 54.0 Å². The molecule has 1 fully saturated rings. The molecule has 7 heteroatoms. The van der Waals surface area contributed by atoms with Crippen molar-refractivity contribution in [1.82, 2.24) is 15.2 Å². The average Bonchev–Trinajstić information content (AvgIpc) is 2.83. The highest BCUT2D eigenvalue weighted by Crippen LogP contribution is 2.27. The Kier molecular flexibility index (Phi) is 5.46. The zero-order chi connectivity index (χ0) is 14.5. The number of likely N-dealkylation sites (tertiary alicyclic amines) is 1. The molecule has 1 amide bonds. The highest BCUT2D eigenvalue weighted by Gasteiger charge is 2.34. The Morgan fingerprint density at radius 1 is 1.65 bits per heavy atom. The van der Waals surface area contributed by atoms with Crippen LogP contribution in [0.1, 0.15) is 6.42 Å². The molecule has 2 heterocycles. The van der Waals surface area contributed by atoms with Crippen molar-refractivity contribution in [2.24, 2.45) is 0 Å². The Bertz CT molecular complexity index is 473. The normalized spacial score (nSPS) is 22.8. The van der Waals surface area contributed by atoms with Crippen molar-refractivity contribution in [3.63, 3.8) is 0 Å². The second-order valence-corrected chi connectivity index (χ2v) is 5.35. The minimum absolute atomic E-state index is 0.0276. The van der Waals surface area contributed by atoms with Gasteiger partial charge in [-0.3, -0.25) is 9.69 Å². The van der Waals surface area contributed by atoms with E-state index in [9.17, 15) is 4.79 Å². The number of ether oxygens (including phenoxy) is 1. The SMILES string of the molecule is CNC(=O)CN1C[C@H](Oc2cccnc2Cl)C[C@@H]1CCl. The van der Waals surface area contributed by atoms with E-state index in [1.165, 1.54) is 0 Å². The molecule has 0 unspecified atom stereocenters. The van der Waals surface area contributed by atoms with Gasteiger partial charge in [-0.15, -0.1) is 11.6 Å². The molecule has 1 aliphatic heterocycles. The molecule has 0 bridgehead atoms. The van der Waals surface area contributed by atoms with Gasteiger partial charge in [-0.2, -0.15) is 0 Å². The third kappa shape index (κ3) is 3.75. The molecule has 20 heavy (non-hydrogen) atoms. The van der Waals surface area contributed by atoms with E-state index in [4.69, 9.17) is 27.9 Å². The zero-order valence-electron chi connectivity index (χ0n) is 11.2. The summed E-state index contributed by atoms with van der Waals surface area (Å²) in [5.41, 5.74) is 0. The molecule has 0 aromatic carbocycles. The van der Waals surface area contributed by atoms with Gasteiger partial charge < -0.3 is 10.1 Å². The fourth-order valence-corrected chi connectivity index (χ4v) is 2.76. The van der Waals surface area contributed by atoms with Crippen LogP contribution in [-0.2, 0) is 4.79 Å². The minimum atomic E-state index is -0.0369. The number of hydrogen-bond donors (Lipinski definition) is 1. The Morgan fingerprint density at radius 2 is 2.45 bits per heavy atom. The van der Waals surface area contributed by atoms with Crippen LogP contribution in [0.3, 0.4) is 0 Å². The van der Waals surface area contributed by atoms with E-state index in [0.29, 0.717) is 29.9 Å². The first-order valence-corrected chi connectivity index (χ1v) is 7.33. The highest BCUT2D eigenvalue weighted by atomic mass is 35.5. The van der Waals surface area contributed by atoms with E-state index in [1.807, 2.05) is 4.90 Å². The summed E-state index contributed by atoms with van der Waals surface area (Å²) in [5, 5.41) is 2.96. The smallest absolute Gasteiger partial charge is 0.233 e. The molecule has 110 valence electrons. The van der Waals surface area contributed by atoms with Crippen molar-refractivity contribution in [1.29, 1.82) is 0 Å². The number of carbonyl (C=O) groups excluding carboxylic acids is 1. The number of hydrogen-bond acceptors (Lipinski definition) is 4. The van der Waals surface area contributed by atoms with Gasteiger partial charge in [0, 0.05) is 38.1 Å². The van der Waals surface area contributed by atoms with Gasteiger partial charge >= 0.3 is 0 Å². The van der Waals surface area contributed by atoms with Crippen molar-refractivity contribution in [2.75, 3.05) is 26.0 Å². The third-order valence-electron chi connectivity index (χ3n) is 3.31. The molecule has 0 radical (unpaired) electrons. The number of nitrogens with zero attached hydrogens (tertiary/aromatic N) is 2. The summed E-state index contributed by atoms with van der Waals surface area (Å²) >= 11 is 11.9. The van der Waals surface area contributed by atoms with Crippen molar-refractivity contribution in [3.8, 4) is 5.75 Å². The monoisotopic (exact) mass is 317 g/mol. The number of aromatic nitrogens is 1. The minimum Gasteiger partial charge on any atom is -0.486 e. The molecular weight excluding hydrogens is 301 g/mol. The van der Waals surface area contributed by atoms with Crippen LogP contribution in [0.25, 0.3) is 0 Å². The lowest BCUT2D eigenvalue weighted by molar-refractivity contribution is -0.121. The van der Waals surface area contributed by atoms with Gasteiger partial charge in [-0.25, -0.2) is 4.98 Å². The Labute approximate surface area is 128 Å². The summed E-state index contributed by atoms with van der Waals surface area (Å²) in [7, 11) is 1.62. The average molecular weight is 318 g/mol. The van der Waals surface area contributed by atoms with Crippen molar-refractivity contribution in [3.05, 3.63) is 23.5 Å². The number of nitrogens with one attached hydrogen (secondary N) is 1. The van der Waals surface area contributed by atoms with Crippen LogP contribution in [0, 0.1) is 0 Å². The maximum atomic E-state index is 11.5. The first-order valence-electron chi connectivity index (χ1n) is 6.41. The van der Waals surface area contributed by atoms with E-state index in [1.54, 1.807) is 25.4 Å².